The molecule has 1 aromatic carbocycles. The maximum absolute atomic E-state index is 12.6. The second-order valence-corrected chi connectivity index (χ2v) is 9.84. The molecule has 2 atom stereocenters. The van der Waals surface area contributed by atoms with Gasteiger partial charge in [0, 0.05) is 12.6 Å². The molecule has 0 radical (unpaired) electrons. The Morgan fingerprint density at radius 2 is 1.83 bits per heavy atom. The van der Waals surface area contributed by atoms with Crippen LogP contribution in [0.3, 0.4) is 0 Å². The molecule has 1 aromatic rings. The molecule has 0 bridgehead atoms. The SMILES string of the molecule is CCCc1cccc(OC(=O)NCC2(C)CC(NC(=O)O)CC(C)(C)C2)c1CCC. The van der Waals surface area contributed by atoms with Crippen molar-refractivity contribution in [3.63, 3.8) is 0 Å². The number of carbonyl (C=O) groups excluding carboxylic acids is 1. The Hall–Kier alpha value is -2.24. The van der Waals surface area contributed by atoms with Gasteiger partial charge in [-0.25, -0.2) is 9.59 Å². The summed E-state index contributed by atoms with van der Waals surface area (Å²) in [6.07, 6.45) is 4.84. The first kappa shape index (κ1) is 24.0. The Bertz CT molecular complexity index is 747. The third kappa shape index (κ3) is 6.92. The third-order valence-corrected chi connectivity index (χ3v) is 5.88. The quantitative estimate of drug-likeness (QED) is 0.518. The zero-order chi connectivity index (χ0) is 22.4. The van der Waals surface area contributed by atoms with Crippen molar-refractivity contribution < 1.29 is 19.4 Å². The third-order valence-electron chi connectivity index (χ3n) is 5.88. The van der Waals surface area contributed by atoms with Gasteiger partial charge in [-0.1, -0.05) is 59.6 Å². The molecule has 30 heavy (non-hydrogen) atoms. The first-order valence-electron chi connectivity index (χ1n) is 11.1. The van der Waals surface area contributed by atoms with Gasteiger partial charge in [-0.05, 0) is 60.1 Å². The van der Waals surface area contributed by atoms with Crippen LogP contribution < -0.4 is 15.4 Å². The molecule has 1 saturated carbocycles. The topological polar surface area (TPSA) is 87.7 Å². The standard InChI is InChI=1S/C24H38N2O4/c1-6-9-17-11-8-12-20(19(17)10-7-2)30-22(29)25-16-24(5)14-18(26-21(27)28)13-23(3,4)15-24/h8,11-12,18,26H,6-7,9-10,13-16H2,1-5H3,(H,25,29)(H,27,28). The lowest BCUT2D eigenvalue weighted by atomic mass is 9.62. The summed E-state index contributed by atoms with van der Waals surface area (Å²) in [7, 11) is 0. The molecule has 6 heteroatoms. The Morgan fingerprint density at radius 1 is 1.13 bits per heavy atom. The lowest BCUT2D eigenvalue weighted by molar-refractivity contribution is 0.0695. The number of rotatable bonds is 8. The van der Waals surface area contributed by atoms with Crippen LogP contribution in [0.4, 0.5) is 9.59 Å². The average molecular weight is 419 g/mol. The minimum atomic E-state index is -0.997. The van der Waals surface area contributed by atoms with Crippen molar-refractivity contribution in [3.8, 4) is 5.75 Å². The van der Waals surface area contributed by atoms with Crippen LogP contribution in [-0.2, 0) is 12.8 Å². The van der Waals surface area contributed by atoms with E-state index in [-0.39, 0.29) is 16.9 Å². The Kier molecular flexibility index (Phi) is 8.16. The molecule has 1 aliphatic carbocycles. The van der Waals surface area contributed by atoms with E-state index in [0.29, 0.717) is 18.7 Å². The maximum Gasteiger partial charge on any atom is 0.412 e. The minimum absolute atomic E-state index is 0.00548. The van der Waals surface area contributed by atoms with Crippen molar-refractivity contribution >= 4 is 12.2 Å². The number of hydrogen-bond acceptors (Lipinski definition) is 3. The predicted molar refractivity (Wildman–Crippen MR) is 119 cm³/mol. The van der Waals surface area contributed by atoms with E-state index in [1.54, 1.807) is 0 Å². The zero-order valence-corrected chi connectivity index (χ0v) is 19.1. The molecule has 168 valence electrons. The average Bonchev–Trinajstić information content (AvgIpc) is 2.61. The Labute approximate surface area is 180 Å². The van der Waals surface area contributed by atoms with Gasteiger partial charge in [0.2, 0.25) is 0 Å². The molecule has 0 spiro atoms. The fourth-order valence-electron chi connectivity index (χ4n) is 5.21. The van der Waals surface area contributed by atoms with Gasteiger partial charge in [0.1, 0.15) is 5.75 Å². The minimum Gasteiger partial charge on any atom is -0.465 e. The fraction of sp³-hybridized carbons (Fsp3) is 0.667. The van der Waals surface area contributed by atoms with Crippen LogP contribution in [0.2, 0.25) is 0 Å². The highest BCUT2D eigenvalue weighted by Crippen LogP contribution is 2.45. The van der Waals surface area contributed by atoms with E-state index in [1.165, 1.54) is 5.56 Å². The number of aryl methyl sites for hydroxylation is 1. The number of benzene rings is 1. The summed E-state index contributed by atoms with van der Waals surface area (Å²) >= 11 is 0. The van der Waals surface area contributed by atoms with Crippen LogP contribution in [0.25, 0.3) is 0 Å². The molecule has 1 fully saturated rings. The summed E-state index contributed by atoms with van der Waals surface area (Å²) in [4.78, 5) is 23.7. The number of ether oxygens (including phenoxy) is 1. The summed E-state index contributed by atoms with van der Waals surface area (Å²) in [6.45, 7) is 11.1. The molecule has 3 N–H and O–H groups in total. The summed E-state index contributed by atoms with van der Waals surface area (Å²) in [6, 6.07) is 5.80. The van der Waals surface area contributed by atoms with Gasteiger partial charge < -0.3 is 20.5 Å². The highest BCUT2D eigenvalue weighted by molar-refractivity contribution is 5.71. The first-order valence-corrected chi connectivity index (χ1v) is 11.1. The first-order chi connectivity index (χ1) is 14.1. The molecule has 2 unspecified atom stereocenters. The van der Waals surface area contributed by atoms with Crippen LogP contribution in [0, 0.1) is 10.8 Å². The normalized spacial score (nSPS) is 22.9. The summed E-state index contributed by atoms with van der Waals surface area (Å²) < 4.78 is 5.70. The molecule has 0 aliphatic heterocycles. The lowest BCUT2D eigenvalue weighted by Gasteiger charge is -2.46. The zero-order valence-electron chi connectivity index (χ0n) is 19.1. The molecule has 0 saturated heterocycles. The van der Waals surface area contributed by atoms with E-state index in [4.69, 9.17) is 9.84 Å². The molecule has 0 aromatic heterocycles. The monoisotopic (exact) mass is 418 g/mol. The van der Waals surface area contributed by atoms with Gasteiger partial charge in [-0.2, -0.15) is 0 Å². The van der Waals surface area contributed by atoms with E-state index < -0.39 is 12.2 Å². The molecular formula is C24H38N2O4. The second-order valence-electron chi connectivity index (χ2n) is 9.84. The van der Waals surface area contributed by atoms with Crippen molar-refractivity contribution in [2.45, 2.75) is 85.6 Å². The number of carboxylic acid groups (broad SMARTS) is 1. The summed E-state index contributed by atoms with van der Waals surface area (Å²) in [5.74, 6) is 0.639. The summed E-state index contributed by atoms with van der Waals surface area (Å²) in [5, 5.41) is 14.7. The highest BCUT2D eigenvalue weighted by Gasteiger charge is 2.42. The fourth-order valence-corrected chi connectivity index (χ4v) is 5.21. The van der Waals surface area contributed by atoms with Gasteiger partial charge in [-0.15, -0.1) is 0 Å². The van der Waals surface area contributed by atoms with Crippen molar-refractivity contribution in [1.29, 1.82) is 0 Å². The Morgan fingerprint density at radius 3 is 2.47 bits per heavy atom. The number of hydrogen-bond donors (Lipinski definition) is 3. The highest BCUT2D eigenvalue weighted by atomic mass is 16.6. The van der Waals surface area contributed by atoms with Crippen molar-refractivity contribution in [3.05, 3.63) is 29.3 Å². The number of nitrogens with one attached hydrogen (secondary N) is 2. The van der Waals surface area contributed by atoms with E-state index in [2.05, 4.69) is 51.3 Å². The smallest absolute Gasteiger partial charge is 0.412 e. The molecule has 2 rings (SSSR count). The van der Waals surface area contributed by atoms with Crippen LogP contribution in [0.15, 0.2) is 18.2 Å². The molecular weight excluding hydrogens is 380 g/mol. The van der Waals surface area contributed by atoms with Crippen LogP contribution in [-0.4, -0.2) is 29.9 Å². The Balaban J connectivity index is 2.04. The van der Waals surface area contributed by atoms with Crippen LogP contribution in [0.5, 0.6) is 5.75 Å². The van der Waals surface area contributed by atoms with Gasteiger partial charge in [0.25, 0.3) is 0 Å². The van der Waals surface area contributed by atoms with Gasteiger partial charge >= 0.3 is 12.2 Å². The maximum atomic E-state index is 12.6. The van der Waals surface area contributed by atoms with E-state index >= 15 is 0 Å². The molecule has 6 nitrogen and oxygen atoms in total. The lowest BCUT2D eigenvalue weighted by Crippen LogP contribution is -2.50. The molecule has 0 heterocycles. The van der Waals surface area contributed by atoms with Crippen molar-refractivity contribution in [2.75, 3.05) is 6.54 Å². The van der Waals surface area contributed by atoms with Crippen molar-refractivity contribution in [2.24, 2.45) is 10.8 Å². The molecule has 1 aliphatic rings. The van der Waals surface area contributed by atoms with E-state index in [1.807, 2.05) is 12.1 Å². The number of carbonyl (C=O) groups is 2. The van der Waals surface area contributed by atoms with Crippen LogP contribution in [0.1, 0.15) is 77.8 Å². The van der Waals surface area contributed by atoms with Crippen molar-refractivity contribution in [1.82, 2.24) is 10.6 Å². The van der Waals surface area contributed by atoms with E-state index in [9.17, 15) is 9.59 Å². The second kappa shape index (κ2) is 10.2. The largest absolute Gasteiger partial charge is 0.465 e. The predicted octanol–water partition coefficient (Wildman–Crippen LogP) is 5.53. The van der Waals surface area contributed by atoms with Gasteiger partial charge in [-0.3, -0.25) is 0 Å². The van der Waals surface area contributed by atoms with Crippen LogP contribution >= 0.6 is 0 Å². The van der Waals surface area contributed by atoms with Gasteiger partial charge in [0.15, 0.2) is 0 Å². The van der Waals surface area contributed by atoms with Gasteiger partial charge in [0.05, 0.1) is 0 Å². The van der Waals surface area contributed by atoms with E-state index in [0.717, 1.165) is 44.1 Å². The summed E-state index contributed by atoms with van der Waals surface area (Å²) in [5.41, 5.74) is 2.15. The molecule has 2 amide bonds. The number of amides is 2.